The first-order chi connectivity index (χ1) is 9.31. The number of thiophene rings is 1. The maximum absolute atomic E-state index is 12.2. The Bertz CT molecular complexity index is 395. The van der Waals surface area contributed by atoms with Crippen molar-refractivity contribution in [3.05, 3.63) is 22.4 Å². The van der Waals surface area contributed by atoms with Gasteiger partial charge in [-0.3, -0.25) is 4.79 Å². The second kappa shape index (κ2) is 7.79. The van der Waals surface area contributed by atoms with E-state index in [9.17, 15) is 4.79 Å². The Morgan fingerprint density at radius 1 is 1.45 bits per heavy atom. The summed E-state index contributed by atoms with van der Waals surface area (Å²) in [4.78, 5) is 13.5. The largest absolute Gasteiger partial charge is 0.459 e. The molecular weight excluding hydrogens is 270 g/mol. The van der Waals surface area contributed by atoms with Gasteiger partial charge in [0.1, 0.15) is 11.6 Å². The fourth-order valence-electron chi connectivity index (χ4n) is 2.06. The van der Waals surface area contributed by atoms with Crippen molar-refractivity contribution in [1.82, 2.24) is 5.32 Å². The van der Waals surface area contributed by atoms with Gasteiger partial charge in [-0.2, -0.15) is 0 Å². The minimum Gasteiger partial charge on any atom is -0.459 e. The lowest BCUT2D eigenvalue weighted by atomic mass is 10.1. The van der Waals surface area contributed by atoms with Crippen LogP contribution in [0, 0.1) is 0 Å². The molecular formula is C16H27NO2S. The number of hydrogen-bond donors (Lipinski definition) is 1. The lowest BCUT2D eigenvalue weighted by molar-refractivity contribution is -0.157. The summed E-state index contributed by atoms with van der Waals surface area (Å²) >= 11 is 1.75. The molecule has 3 nitrogen and oxygen atoms in total. The first kappa shape index (κ1) is 17.2. The van der Waals surface area contributed by atoms with E-state index in [0.29, 0.717) is 0 Å². The second-order valence-electron chi connectivity index (χ2n) is 6.23. The van der Waals surface area contributed by atoms with Crippen LogP contribution in [0.1, 0.15) is 52.3 Å². The summed E-state index contributed by atoms with van der Waals surface area (Å²) in [5, 5.41) is 5.49. The third kappa shape index (κ3) is 6.53. The Morgan fingerprint density at radius 2 is 2.15 bits per heavy atom. The minimum absolute atomic E-state index is 0.141. The van der Waals surface area contributed by atoms with Crippen LogP contribution in [0.15, 0.2) is 17.5 Å². The molecule has 0 saturated heterocycles. The van der Waals surface area contributed by atoms with Gasteiger partial charge in [0.25, 0.3) is 0 Å². The monoisotopic (exact) mass is 297 g/mol. The molecule has 20 heavy (non-hydrogen) atoms. The highest BCUT2D eigenvalue weighted by atomic mass is 32.1. The maximum atomic E-state index is 12.2. The van der Waals surface area contributed by atoms with Gasteiger partial charge < -0.3 is 10.1 Å². The van der Waals surface area contributed by atoms with Crippen molar-refractivity contribution in [3.63, 3.8) is 0 Å². The highest BCUT2D eigenvalue weighted by Gasteiger charge is 2.25. The number of ether oxygens (including phenoxy) is 1. The van der Waals surface area contributed by atoms with E-state index in [1.165, 1.54) is 4.88 Å². The fraction of sp³-hybridized carbons (Fsp3) is 0.688. The summed E-state index contributed by atoms with van der Waals surface area (Å²) in [6.07, 6.45) is 2.72. The standard InChI is InChI=1S/C16H27NO2S/c1-6-8-14(15(18)19-16(3,4)5)17-12(2)11-13-9-7-10-20-13/h7,9-10,12,14,17H,6,8,11H2,1-5H3/t12-,14-/m1/s1. The van der Waals surface area contributed by atoms with Gasteiger partial charge in [0.05, 0.1) is 0 Å². The first-order valence-electron chi connectivity index (χ1n) is 7.33. The van der Waals surface area contributed by atoms with Crippen molar-refractivity contribution in [2.75, 3.05) is 0 Å². The van der Waals surface area contributed by atoms with E-state index in [0.717, 1.165) is 19.3 Å². The van der Waals surface area contributed by atoms with Crippen LogP contribution in [-0.4, -0.2) is 23.7 Å². The van der Waals surface area contributed by atoms with Crippen LogP contribution in [0.4, 0.5) is 0 Å². The maximum Gasteiger partial charge on any atom is 0.323 e. The molecule has 4 heteroatoms. The number of carbonyl (C=O) groups is 1. The predicted octanol–water partition coefficient (Wildman–Crippen LogP) is 3.78. The van der Waals surface area contributed by atoms with Crippen LogP contribution in [0.2, 0.25) is 0 Å². The molecule has 1 aromatic rings. The average molecular weight is 297 g/mol. The van der Waals surface area contributed by atoms with Gasteiger partial charge in [0, 0.05) is 10.9 Å². The van der Waals surface area contributed by atoms with E-state index < -0.39 is 5.60 Å². The molecule has 1 heterocycles. The molecule has 0 unspecified atom stereocenters. The molecule has 0 bridgehead atoms. The molecule has 0 aliphatic carbocycles. The van der Waals surface area contributed by atoms with Gasteiger partial charge in [-0.1, -0.05) is 19.4 Å². The van der Waals surface area contributed by atoms with Crippen LogP contribution in [0.3, 0.4) is 0 Å². The summed E-state index contributed by atoms with van der Waals surface area (Å²) in [6.45, 7) is 9.92. The zero-order chi connectivity index (χ0) is 15.2. The molecule has 1 N–H and O–H groups in total. The first-order valence-corrected chi connectivity index (χ1v) is 8.21. The SMILES string of the molecule is CCC[C@@H](N[C@H](C)Cc1cccs1)C(=O)OC(C)(C)C. The van der Waals surface area contributed by atoms with Crippen LogP contribution in [-0.2, 0) is 16.0 Å². The molecule has 0 amide bonds. The smallest absolute Gasteiger partial charge is 0.323 e. The Labute approximate surface area is 126 Å². The molecule has 0 fully saturated rings. The normalized spacial score (nSPS) is 14.8. The van der Waals surface area contributed by atoms with Gasteiger partial charge in [0.2, 0.25) is 0 Å². The molecule has 114 valence electrons. The van der Waals surface area contributed by atoms with Crippen molar-refractivity contribution in [2.45, 2.75) is 71.6 Å². The zero-order valence-electron chi connectivity index (χ0n) is 13.2. The zero-order valence-corrected chi connectivity index (χ0v) is 14.0. The molecule has 0 spiro atoms. The molecule has 0 radical (unpaired) electrons. The second-order valence-corrected chi connectivity index (χ2v) is 7.26. The highest BCUT2D eigenvalue weighted by molar-refractivity contribution is 7.09. The van der Waals surface area contributed by atoms with Gasteiger partial charge >= 0.3 is 5.97 Å². The Hall–Kier alpha value is -0.870. The number of esters is 1. The molecule has 1 rings (SSSR count). The summed E-state index contributed by atoms with van der Waals surface area (Å²) in [5.74, 6) is -0.141. The predicted molar refractivity (Wildman–Crippen MR) is 85.2 cm³/mol. The molecule has 2 atom stereocenters. The molecule has 0 aromatic carbocycles. The number of carbonyl (C=O) groups excluding carboxylic acids is 1. The van der Waals surface area contributed by atoms with Gasteiger partial charge in [-0.15, -0.1) is 11.3 Å². The van der Waals surface area contributed by atoms with Crippen LogP contribution >= 0.6 is 11.3 Å². The number of hydrogen-bond acceptors (Lipinski definition) is 4. The summed E-state index contributed by atoms with van der Waals surface area (Å²) in [6, 6.07) is 4.24. The van der Waals surface area contributed by atoms with Crippen molar-refractivity contribution < 1.29 is 9.53 Å². The van der Waals surface area contributed by atoms with E-state index in [1.807, 2.05) is 20.8 Å². The molecule has 0 aliphatic heterocycles. The van der Waals surface area contributed by atoms with Crippen LogP contribution < -0.4 is 5.32 Å². The van der Waals surface area contributed by atoms with Gasteiger partial charge in [0.15, 0.2) is 0 Å². The fourth-order valence-corrected chi connectivity index (χ4v) is 2.90. The van der Waals surface area contributed by atoms with Gasteiger partial charge in [-0.05, 0) is 52.0 Å². The molecule has 0 saturated carbocycles. The van der Waals surface area contributed by atoms with Crippen LogP contribution in [0.5, 0.6) is 0 Å². The Balaban J connectivity index is 2.55. The van der Waals surface area contributed by atoms with E-state index in [4.69, 9.17) is 4.74 Å². The summed E-state index contributed by atoms with van der Waals surface area (Å²) in [7, 11) is 0. The van der Waals surface area contributed by atoms with Crippen LogP contribution in [0.25, 0.3) is 0 Å². The van der Waals surface area contributed by atoms with Crippen molar-refractivity contribution in [1.29, 1.82) is 0 Å². The lowest BCUT2D eigenvalue weighted by Crippen LogP contribution is -2.45. The number of rotatable bonds is 7. The van der Waals surface area contributed by atoms with Gasteiger partial charge in [-0.25, -0.2) is 0 Å². The van der Waals surface area contributed by atoms with E-state index in [-0.39, 0.29) is 18.1 Å². The Morgan fingerprint density at radius 3 is 2.65 bits per heavy atom. The van der Waals surface area contributed by atoms with Crippen molar-refractivity contribution in [3.8, 4) is 0 Å². The third-order valence-electron chi connectivity index (χ3n) is 2.84. The lowest BCUT2D eigenvalue weighted by Gasteiger charge is -2.26. The van der Waals surface area contributed by atoms with Crippen molar-refractivity contribution in [2.24, 2.45) is 0 Å². The summed E-state index contributed by atoms with van der Waals surface area (Å²) < 4.78 is 5.49. The topological polar surface area (TPSA) is 38.3 Å². The van der Waals surface area contributed by atoms with E-state index in [1.54, 1.807) is 11.3 Å². The molecule has 1 aromatic heterocycles. The average Bonchev–Trinajstić information content (AvgIpc) is 2.78. The van der Waals surface area contributed by atoms with Crippen molar-refractivity contribution >= 4 is 17.3 Å². The summed E-state index contributed by atoms with van der Waals surface area (Å²) in [5.41, 5.74) is -0.429. The minimum atomic E-state index is -0.429. The third-order valence-corrected chi connectivity index (χ3v) is 3.74. The molecule has 0 aliphatic rings. The highest BCUT2D eigenvalue weighted by Crippen LogP contribution is 2.14. The van der Waals surface area contributed by atoms with E-state index >= 15 is 0 Å². The number of nitrogens with one attached hydrogen (secondary N) is 1. The van der Waals surface area contributed by atoms with E-state index in [2.05, 4.69) is 36.7 Å². The quantitative estimate of drug-likeness (QED) is 0.778. The Kier molecular flexibility index (Phi) is 6.69.